The summed E-state index contributed by atoms with van der Waals surface area (Å²) >= 11 is 6.06. The fourth-order valence-electron chi connectivity index (χ4n) is 4.54. The van der Waals surface area contributed by atoms with E-state index in [4.69, 9.17) is 18.2 Å². The lowest BCUT2D eigenvalue weighted by Gasteiger charge is -2.47. The molecule has 1 aromatic carbocycles. The van der Waals surface area contributed by atoms with Crippen LogP contribution in [0.15, 0.2) is 47.3 Å². The normalized spacial score (nSPS) is 20.6. The van der Waals surface area contributed by atoms with E-state index in [0.29, 0.717) is 11.3 Å². The molecule has 0 radical (unpaired) electrons. The Bertz CT molecular complexity index is 1210. The zero-order valence-electron chi connectivity index (χ0n) is 18.2. The maximum Gasteiger partial charge on any atom is 0.270 e. The number of halogens is 1. The van der Waals surface area contributed by atoms with Crippen LogP contribution in [-0.4, -0.2) is 39.6 Å². The van der Waals surface area contributed by atoms with Crippen LogP contribution >= 0.6 is 11.6 Å². The summed E-state index contributed by atoms with van der Waals surface area (Å²) in [4.78, 5) is 25.4. The molecule has 3 heterocycles. The molecule has 1 fully saturated rings. The van der Waals surface area contributed by atoms with Gasteiger partial charge in [-0.15, -0.1) is 4.98 Å². The van der Waals surface area contributed by atoms with Gasteiger partial charge in [-0.05, 0) is 50.6 Å². The molecule has 7 heteroatoms. The summed E-state index contributed by atoms with van der Waals surface area (Å²) in [6.45, 7) is 15.6. The van der Waals surface area contributed by atoms with Gasteiger partial charge >= 0.3 is 0 Å². The van der Waals surface area contributed by atoms with E-state index in [-0.39, 0.29) is 23.7 Å². The van der Waals surface area contributed by atoms with E-state index < -0.39 is 0 Å². The molecule has 0 saturated carbocycles. The first kappa shape index (κ1) is 21.4. The molecule has 0 N–H and O–H groups in total. The lowest BCUT2D eigenvalue weighted by molar-refractivity contribution is 0.119. The number of aromatic nitrogens is 2. The Morgan fingerprint density at radius 1 is 1.13 bits per heavy atom. The van der Waals surface area contributed by atoms with Crippen molar-refractivity contribution in [3.05, 3.63) is 74.8 Å². The molecule has 0 aliphatic carbocycles. The predicted molar refractivity (Wildman–Crippen MR) is 126 cm³/mol. The molecule has 2 aromatic heterocycles. The van der Waals surface area contributed by atoms with Crippen molar-refractivity contribution >= 4 is 34.1 Å². The summed E-state index contributed by atoms with van der Waals surface area (Å²) in [5.74, 6) is 0.336. The van der Waals surface area contributed by atoms with Crippen LogP contribution in [0.3, 0.4) is 0 Å². The molecule has 6 nitrogen and oxygen atoms in total. The maximum absolute atomic E-state index is 12.7. The Kier molecular flexibility index (Phi) is 5.74. The molecule has 0 amide bonds. The van der Waals surface area contributed by atoms with E-state index >= 15 is 0 Å². The molecule has 1 aliphatic rings. The van der Waals surface area contributed by atoms with Gasteiger partial charge in [0.25, 0.3) is 11.4 Å². The number of anilines is 1. The van der Waals surface area contributed by atoms with Crippen molar-refractivity contribution < 1.29 is 0 Å². The fraction of sp³-hybridized carbons (Fsp3) is 0.375. The van der Waals surface area contributed by atoms with Crippen molar-refractivity contribution in [3.63, 3.8) is 0 Å². The smallest absolute Gasteiger partial charge is 0.270 e. The van der Waals surface area contributed by atoms with Gasteiger partial charge in [-0.25, -0.2) is 0 Å². The van der Waals surface area contributed by atoms with Crippen LogP contribution in [0, 0.1) is 6.57 Å². The van der Waals surface area contributed by atoms with Crippen molar-refractivity contribution in [1.82, 2.24) is 14.5 Å². The molecular weight excluding hydrogens is 410 g/mol. The Morgan fingerprint density at radius 2 is 1.84 bits per heavy atom. The van der Waals surface area contributed by atoms with E-state index in [0.717, 1.165) is 29.3 Å². The Labute approximate surface area is 187 Å². The van der Waals surface area contributed by atoms with E-state index in [9.17, 15) is 4.79 Å². The SMILES string of the molecule is [C-]#[N+]c1ccc2c(n1)c(N1C[C@@H](C)N(C(C)c3ccc(Cl)cc3)C[C@@H]1C)cc(=O)n2C. The zero-order valence-corrected chi connectivity index (χ0v) is 19.0. The van der Waals surface area contributed by atoms with Crippen LogP contribution in [0.4, 0.5) is 11.5 Å². The van der Waals surface area contributed by atoms with Gasteiger partial charge in [0.1, 0.15) is 0 Å². The molecule has 3 atom stereocenters. The second-order valence-corrected chi connectivity index (χ2v) is 8.79. The quantitative estimate of drug-likeness (QED) is 0.554. The summed E-state index contributed by atoms with van der Waals surface area (Å²) in [7, 11) is 1.74. The maximum atomic E-state index is 12.7. The van der Waals surface area contributed by atoms with Gasteiger partial charge in [0.2, 0.25) is 5.52 Å². The molecule has 1 unspecified atom stereocenters. The average Bonchev–Trinajstić information content (AvgIpc) is 2.77. The first-order valence-corrected chi connectivity index (χ1v) is 10.8. The number of hydrogen-bond donors (Lipinski definition) is 0. The molecule has 1 aliphatic heterocycles. The van der Waals surface area contributed by atoms with Crippen LogP contribution < -0.4 is 10.5 Å². The number of hydrogen-bond acceptors (Lipinski definition) is 4. The number of benzene rings is 1. The summed E-state index contributed by atoms with van der Waals surface area (Å²) in [6.07, 6.45) is 0. The molecule has 160 valence electrons. The minimum absolute atomic E-state index is 0.0725. The Balaban J connectivity index is 1.69. The molecule has 4 rings (SSSR count). The highest BCUT2D eigenvalue weighted by Gasteiger charge is 2.34. The van der Waals surface area contributed by atoms with Crippen molar-refractivity contribution in [2.75, 3.05) is 18.0 Å². The van der Waals surface area contributed by atoms with Crippen molar-refractivity contribution in [2.45, 2.75) is 38.9 Å². The number of aryl methyl sites for hydroxylation is 1. The first-order chi connectivity index (χ1) is 14.8. The van der Waals surface area contributed by atoms with E-state index in [1.807, 2.05) is 18.2 Å². The summed E-state index contributed by atoms with van der Waals surface area (Å²) < 4.78 is 1.59. The molecular formula is C24H26ClN5O. The average molecular weight is 436 g/mol. The molecule has 0 bridgehead atoms. The number of pyridine rings is 2. The van der Waals surface area contributed by atoms with Crippen LogP contribution in [0.1, 0.15) is 32.4 Å². The van der Waals surface area contributed by atoms with Gasteiger partial charge in [0.15, 0.2) is 0 Å². The van der Waals surface area contributed by atoms with E-state index in [1.165, 1.54) is 5.56 Å². The minimum atomic E-state index is -0.0725. The van der Waals surface area contributed by atoms with E-state index in [1.54, 1.807) is 23.7 Å². The monoisotopic (exact) mass is 435 g/mol. The fourth-order valence-corrected chi connectivity index (χ4v) is 4.67. The second-order valence-electron chi connectivity index (χ2n) is 8.35. The molecule has 1 saturated heterocycles. The van der Waals surface area contributed by atoms with Gasteiger partial charge in [-0.3, -0.25) is 9.69 Å². The topological polar surface area (TPSA) is 45.7 Å². The van der Waals surface area contributed by atoms with E-state index in [2.05, 4.69) is 52.5 Å². The van der Waals surface area contributed by atoms with Gasteiger partial charge in [0.05, 0.1) is 11.2 Å². The van der Waals surface area contributed by atoms with Gasteiger partial charge < -0.3 is 14.3 Å². The lowest BCUT2D eigenvalue weighted by Crippen LogP contribution is -2.57. The van der Waals surface area contributed by atoms with Gasteiger partial charge in [0, 0.05) is 49.4 Å². The van der Waals surface area contributed by atoms with Gasteiger partial charge in [-0.1, -0.05) is 30.3 Å². The number of nitrogens with zero attached hydrogens (tertiary/aromatic N) is 5. The molecule has 0 spiro atoms. The highest BCUT2D eigenvalue weighted by Crippen LogP contribution is 2.33. The first-order valence-electron chi connectivity index (χ1n) is 10.5. The number of piperazine rings is 1. The van der Waals surface area contributed by atoms with Crippen LogP contribution in [0.25, 0.3) is 15.9 Å². The summed E-state index contributed by atoms with van der Waals surface area (Å²) in [5.41, 5.74) is 3.42. The van der Waals surface area contributed by atoms with Crippen LogP contribution in [-0.2, 0) is 7.05 Å². The third kappa shape index (κ3) is 3.91. The number of fused-ring (bicyclic) bond motifs is 1. The second kappa shape index (κ2) is 8.33. The predicted octanol–water partition coefficient (Wildman–Crippen LogP) is 4.80. The molecule has 31 heavy (non-hydrogen) atoms. The summed E-state index contributed by atoms with van der Waals surface area (Å²) in [6, 6.07) is 13.9. The Morgan fingerprint density at radius 3 is 2.52 bits per heavy atom. The van der Waals surface area contributed by atoms with Crippen molar-refractivity contribution in [3.8, 4) is 0 Å². The third-order valence-electron chi connectivity index (χ3n) is 6.36. The van der Waals surface area contributed by atoms with Crippen molar-refractivity contribution in [1.29, 1.82) is 0 Å². The molecule has 3 aromatic rings. The largest absolute Gasteiger partial charge is 0.362 e. The summed E-state index contributed by atoms with van der Waals surface area (Å²) in [5, 5.41) is 0.742. The number of rotatable bonds is 3. The standard InChI is InChI=1S/C24H26ClN5O/c1-15-14-30(16(2)13-29(15)17(3)18-6-8-19(25)9-7-18)21-12-23(31)28(5)20-10-11-22(26-4)27-24(20)21/h6-12,15-17H,13-14H2,1-3,5H3/t15-,16+,17?/m1/s1. The van der Waals surface area contributed by atoms with Crippen LogP contribution in [0.2, 0.25) is 5.02 Å². The third-order valence-corrected chi connectivity index (χ3v) is 6.61. The van der Waals surface area contributed by atoms with Crippen molar-refractivity contribution in [2.24, 2.45) is 7.05 Å². The zero-order chi connectivity index (χ0) is 22.3. The lowest BCUT2D eigenvalue weighted by atomic mass is 10.00. The Hall–Kier alpha value is -2.88. The highest BCUT2D eigenvalue weighted by atomic mass is 35.5. The van der Waals surface area contributed by atoms with Gasteiger partial charge in [-0.2, -0.15) is 0 Å². The van der Waals surface area contributed by atoms with Crippen LogP contribution in [0.5, 0.6) is 0 Å². The highest BCUT2D eigenvalue weighted by molar-refractivity contribution is 6.30. The minimum Gasteiger partial charge on any atom is -0.362 e.